The molecule has 1 saturated heterocycles. The minimum atomic E-state index is -0.234. The molecule has 1 aromatic heterocycles. The highest BCUT2D eigenvalue weighted by Crippen LogP contribution is 2.48. The van der Waals surface area contributed by atoms with Gasteiger partial charge in [0.15, 0.2) is 0 Å². The average molecular weight is 587 g/mol. The molecule has 2 aliphatic heterocycles. The molecule has 41 heavy (non-hydrogen) atoms. The first-order valence-electron chi connectivity index (χ1n) is 13.8. The summed E-state index contributed by atoms with van der Waals surface area (Å²) in [4.78, 5) is 28.7. The van der Waals surface area contributed by atoms with Gasteiger partial charge in [0.25, 0.3) is 0 Å². The minimum Gasteiger partial charge on any atom is -0.376 e. The monoisotopic (exact) mass is 586 g/mol. The number of nitrogens with one attached hydrogen (secondary N) is 1. The van der Waals surface area contributed by atoms with Crippen molar-refractivity contribution in [1.29, 1.82) is 0 Å². The summed E-state index contributed by atoms with van der Waals surface area (Å²) >= 11 is 7.97. The van der Waals surface area contributed by atoms with Crippen LogP contribution in [0.3, 0.4) is 0 Å². The number of hydrogen-bond acceptors (Lipinski definition) is 5. The molecule has 6 rings (SSSR count). The van der Waals surface area contributed by atoms with Gasteiger partial charge >= 0.3 is 0 Å². The molecule has 0 aliphatic carbocycles. The highest BCUT2D eigenvalue weighted by molar-refractivity contribution is 8.00. The molecule has 0 radical (unpaired) electrons. The van der Waals surface area contributed by atoms with Crippen molar-refractivity contribution in [2.75, 3.05) is 30.3 Å². The van der Waals surface area contributed by atoms with Gasteiger partial charge in [-0.05, 0) is 49.6 Å². The molecular weight excluding hydrogens is 556 g/mol. The maximum Gasteiger partial charge on any atom is 0.240 e. The Bertz CT molecular complexity index is 1550. The van der Waals surface area contributed by atoms with Gasteiger partial charge in [0.1, 0.15) is 12.4 Å². The van der Waals surface area contributed by atoms with E-state index in [0.29, 0.717) is 24.0 Å². The van der Waals surface area contributed by atoms with Crippen molar-refractivity contribution in [3.63, 3.8) is 0 Å². The molecular formula is C32H31ClN4O3S. The molecule has 1 N–H and O–H groups in total. The van der Waals surface area contributed by atoms with Crippen LogP contribution in [0.5, 0.6) is 0 Å². The Labute approximate surface area is 248 Å². The minimum absolute atomic E-state index is 0.0138. The third kappa shape index (κ3) is 5.91. The molecule has 1 fully saturated rings. The maximum atomic E-state index is 13.8. The van der Waals surface area contributed by atoms with Gasteiger partial charge in [0.2, 0.25) is 11.8 Å². The molecule has 4 aromatic rings. The first kappa shape index (κ1) is 27.6. The summed E-state index contributed by atoms with van der Waals surface area (Å²) in [5.41, 5.74) is 5.47. The standard InChI is InChI=1S/C32H31ClN4O3S/c1-21-12-14-25(15-13-21)37-32-29(30(35-37)22-7-3-2-4-8-22)31(23-9-5-10-24(33)17-23)41-20-28(39)36(32)19-27(38)34-18-26-11-6-16-40-26/h2-5,7-10,12-15,17,26,31H,6,11,16,18-20H2,1H3,(H,34,38)/t26-,31+/m1/s1. The molecule has 9 heteroatoms. The third-order valence-electron chi connectivity index (χ3n) is 7.42. The van der Waals surface area contributed by atoms with Gasteiger partial charge in [-0.15, -0.1) is 11.8 Å². The number of aromatic nitrogens is 2. The zero-order valence-electron chi connectivity index (χ0n) is 22.8. The number of carbonyl (C=O) groups is 2. The highest BCUT2D eigenvalue weighted by Gasteiger charge is 2.37. The van der Waals surface area contributed by atoms with Crippen molar-refractivity contribution in [3.8, 4) is 16.9 Å². The van der Waals surface area contributed by atoms with Crippen molar-refractivity contribution >= 4 is 41.0 Å². The lowest BCUT2D eigenvalue weighted by atomic mass is 9.99. The predicted octanol–water partition coefficient (Wildman–Crippen LogP) is 5.97. The van der Waals surface area contributed by atoms with Crippen LogP contribution < -0.4 is 10.2 Å². The number of ether oxygens (including phenoxy) is 1. The van der Waals surface area contributed by atoms with Gasteiger partial charge < -0.3 is 10.1 Å². The van der Waals surface area contributed by atoms with E-state index in [0.717, 1.165) is 46.5 Å². The van der Waals surface area contributed by atoms with Crippen molar-refractivity contribution < 1.29 is 14.3 Å². The largest absolute Gasteiger partial charge is 0.376 e. The Morgan fingerprint density at radius 2 is 1.90 bits per heavy atom. The second-order valence-corrected chi connectivity index (χ2v) is 11.9. The lowest BCUT2D eigenvalue weighted by Crippen LogP contribution is -2.44. The van der Waals surface area contributed by atoms with E-state index in [4.69, 9.17) is 21.4 Å². The normalized spacial score (nSPS) is 18.7. The van der Waals surface area contributed by atoms with E-state index in [1.54, 1.807) is 4.90 Å². The SMILES string of the molecule is Cc1ccc(-n2nc(-c3ccccc3)c3c2N(CC(=O)NC[C@H]2CCCO2)C(=O)CS[C@H]3c2cccc(Cl)c2)cc1. The van der Waals surface area contributed by atoms with E-state index >= 15 is 0 Å². The highest BCUT2D eigenvalue weighted by atomic mass is 35.5. The zero-order chi connectivity index (χ0) is 28.3. The van der Waals surface area contributed by atoms with Gasteiger partial charge in [-0.2, -0.15) is 5.10 Å². The molecule has 0 saturated carbocycles. The molecule has 0 spiro atoms. The lowest BCUT2D eigenvalue weighted by Gasteiger charge is -2.23. The Kier molecular flexibility index (Phi) is 8.14. The molecule has 0 unspecified atom stereocenters. The van der Waals surface area contributed by atoms with Crippen molar-refractivity contribution in [1.82, 2.24) is 15.1 Å². The summed E-state index contributed by atoms with van der Waals surface area (Å²) < 4.78 is 7.49. The maximum absolute atomic E-state index is 13.8. The van der Waals surface area contributed by atoms with Crippen molar-refractivity contribution in [3.05, 3.63) is 101 Å². The molecule has 2 amide bonds. The summed E-state index contributed by atoms with van der Waals surface area (Å²) in [5.74, 6) is 0.414. The van der Waals surface area contributed by atoms with Crippen LogP contribution >= 0.6 is 23.4 Å². The number of anilines is 1. The number of hydrogen-bond donors (Lipinski definition) is 1. The van der Waals surface area contributed by atoms with Crippen LogP contribution in [-0.2, 0) is 14.3 Å². The summed E-state index contributed by atoms with van der Waals surface area (Å²) in [6.07, 6.45) is 1.93. The van der Waals surface area contributed by atoms with Crippen LogP contribution in [0.4, 0.5) is 5.82 Å². The molecule has 210 valence electrons. The van der Waals surface area contributed by atoms with Gasteiger partial charge in [-0.1, -0.05) is 71.8 Å². The van der Waals surface area contributed by atoms with Crippen molar-refractivity contribution in [2.24, 2.45) is 0 Å². The predicted molar refractivity (Wildman–Crippen MR) is 164 cm³/mol. The Morgan fingerprint density at radius 3 is 2.63 bits per heavy atom. The molecule has 0 bridgehead atoms. The molecule has 3 aromatic carbocycles. The second-order valence-electron chi connectivity index (χ2n) is 10.4. The van der Waals surface area contributed by atoms with Crippen molar-refractivity contribution in [2.45, 2.75) is 31.1 Å². The topological polar surface area (TPSA) is 76.5 Å². The Balaban J connectivity index is 1.51. The van der Waals surface area contributed by atoms with Crippen LogP contribution in [0.15, 0.2) is 78.9 Å². The van der Waals surface area contributed by atoms with E-state index in [2.05, 4.69) is 5.32 Å². The van der Waals surface area contributed by atoms with Crippen LogP contribution in [0.25, 0.3) is 16.9 Å². The smallest absolute Gasteiger partial charge is 0.240 e. The first-order chi connectivity index (χ1) is 20.0. The van der Waals surface area contributed by atoms with Crippen LogP contribution in [-0.4, -0.2) is 53.1 Å². The molecule has 3 heterocycles. The summed E-state index contributed by atoms with van der Waals surface area (Å²) in [6.45, 7) is 3.06. The first-order valence-corrected chi connectivity index (χ1v) is 15.2. The number of carbonyl (C=O) groups excluding carboxylic acids is 2. The number of amides is 2. The number of nitrogens with zero attached hydrogens (tertiary/aromatic N) is 3. The Morgan fingerprint density at radius 1 is 1.10 bits per heavy atom. The van der Waals surface area contributed by atoms with Crippen LogP contribution in [0.1, 0.15) is 34.8 Å². The number of aryl methyl sites for hydroxylation is 1. The number of halogens is 1. The zero-order valence-corrected chi connectivity index (χ0v) is 24.3. The summed E-state index contributed by atoms with van der Waals surface area (Å²) in [6, 6.07) is 25.7. The number of benzene rings is 3. The van der Waals surface area contributed by atoms with Gasteiger partial charge in [-0.25, -0.2) is 4.68 Å². The van der Waals surface area contributed by atoms with E-state index in [9.17, 15) is 9.59 Å². The molecule has 2 atom stereocenters. The molecule has 7 nitrogen and oxygen atoms in total. The lowest BCUT2D eigenvalue weighted by molar-refractivity contribution is -0.123. The number of thioether (sulfide) groups is 1. The van der Waals surface area contributed by atoms with Crippen LogP contribution in [0, 0.1) is 6.92 Å². The quantitative estimate of drug-likeness (QED) is 0.289. The molecule has 2 aliphatic rings. The van der Waals surface area contributed by atoms with Gasteiger partial charge in [-0.3, -0.25) is 14.5 Å². The van der Waals surface area contributed by atoms with Gasteiger partial charge in [0, 0.05) is 29.3 Å². The third-order valence-corrected chi connectivity index (χ3v) is 8.91. The van der Waals surface area contributed by atoms with E-state index in [1.807, 2.05) is 90.5 Å². The fourth-order valence-corrected chi connectivity index (χ4v) is 6.75. The Hall–Kier alpha value is -3.59. The number of fused-ring (bicyclic) bond motifs is 1. The van der Waals surface area contributed by atoms with E-state index in [1.165, 1.54) is 11.8 Å². The van der Waals surface area contributed by atoms with E-state index < -0.39 is 0 Å². The average Bonchev–Trinajstić information content (AvgIpc) is 3.62. The van der Waals surface area contributed by atoms with E-state index in [-0.39, 0.29) is 35.5 Å². The fourth-order valence-electron chi connectivity index (χ4n) is 5.36. The number of rotatable bonds is 7. The fraction of sp³-hybridized carbons (Fsp3) is 0.281. The summed E-state index contributed by atoms with van der Waals surface area (Å²) in [5, 5.41) is 8.50. The van der Waals surface area contributed by atoms with Gasteiger partial charge in [0.05, 0.1) is 28.5 Å². The second kappa shape index (κ2) is 12.1. The summed E-state index contributed by atoms with van der Waals surface area (Å²) in [7, 11) is 0. The van der Waals surface area contributed by atoms with Crippen LogP contribution in [0.2, 0.25) is 5.02 Å².